The van der Waals surface area contributed by atoms with Crippen molar-refractivity contribution < 1.29 is 163 Å². The smallest absolute Gasteiger partial charge is 1.00 e. The molecule has 2 aromatic rings. The fraction of sp³-hybridized carbons (Fsp3) is 0.321. The van der Waals surface area contributed by atoms with Crippen LogP contribution in [0.15, 0.2) is 36.4 Å². The van der Waals surface area contributed by atoms with Crippen LogP contribution < -0.4 is 143 Å². The summed E-state index contributed by atoms with van der Waals surface area (Å²) >= 11 is 0. The van der Waals surface area contributed by atoms with Gasteiger partial charge in [-0.3, -0.25) is 4.79 Å². The van der Waals surface area contributed by atoms with Crippen LogP contribution in [0.1, 0.15) is 49.4 Å². The van der Waals surface area contributed by atoms with Gasteiger partial charge < -0.3 is 11.6 Å². The quantitative estimate of drug-likeness (QED) is 0.0910. The minimum absolute atomic E-state index is 0. The van der Waals surface area contributed by atoms with E-state index in [9.17, 15) is 8.78 Å². The SMILES string of the molecule is C#Cc1ccc(F)c(CCCC#N)c1.C[Si](C)(C)C#Cc1ccc(F)c(CCCC#N)c1.O=CO[O-].[Cs+].[Cs+].[H-]. The maximum absolute atomic E-state index is 13.5. The molecule has 0 heterocycles. The van der Waals surface area contributed by atoms with E-state index in [0.29, 0.717) is 55.2 Å². The zero-order valence-corrected chi connectivity index (χ0v) is 36.3. The van der Waals surface area contributed by atoms with Crippen LogP contribution in [0.5, 0.6) is 0 Å². The summed E-state index contributed by atoms with van der Waals surface area (Å²) in [5.41, 5.74) is 6.06. The molecule has 0 unspecified atom stereocenters. The first-order chi connectivity index (χ1) is 17.1. The first kappa shape index (κ1) is 42.6. The van der Waals surface area contributed by atoms with Gasteiger partial charge in [0.25, 0.3) is 6.47 Å². The second kappa shape index (κ2) is 26.1. The molecule has 38 heavy (non-hydrogen) atoms. The number of hydrogen-bond acceptors (Lipinski definition) is 5. The second-order valence-electron chi connectivity index (χ2n) is 8.47. The van der Waals surface area contributed by atoms with Crippen molar-refractivity contribution in [1.82, 2.24) is 0 Å². The zero-order valence-electron chi connectivity index (χ0n) is 23.7. The first-order valence-corrected chi connectivity index (χ1v) is 14.6. The summed E-state index contributed by atoms with van der Waals surface area (Å²) in [6, 6.07) is 13.7. The second-order valence-corrected chi connectivity index (χ2v) is 13.2. The van der Waals surface area contributed by atoms with Gasteiger partial charge in [0.2, 0.25) is 0 Å². The third-order valence-electron chi connectivity index (χ3n) is 4.35. The molecule has 2 aromatic carbocycles. The Bertz CT molecular complexity index is 1180. The summed E-state index contributed by atoms with van der Waals surface area (Å²) in [5, 5.41) is 25.2. The van der Waals surface area contributed by atoms with Gasteiger partial charge in [-0.1, -0.05) is 31.5 Å². The zero-order chi connectivity index (χ0) is 27.4. The molecule has 0 saturated carbocycles. The minimum atomic E-state index is -1.40. The molecule has 190 valence electrons. The molecule has 0 aliphatic heterocycles. The summed E-state index contributed by atoms with van der Waals surface area (Å²) in [7, 11) is -1.40. The molecule has 0 amide bonds. The van der Waals surface area contributed by atoms with E-state index in [4.69, 9.17) is 27.0 Å². The number of terminal acetylenes is 1. The number of carbonyl (C=O) groups excluding carboxylic acids is 1. The third-order valence-corrected chi connectivity index (χ3v) is 5.22. The molecule has 0 aliphatic rings. The van der Waals surface area contributed by atoms with Crippen molar-refractivity contribution in [3.05, 3.63) is 70.3 Å². The number of unbranched alkanes of at least 4 members (excludes halogenated alkanes) is 2. The maximum atomic E-state index is 13.5. The van der Waals surface area contributed by atoms with Gasteiger partial charge in [-0.15, -0.1) is 12.0 Å². The van der Waals surface area contributed by atoms with Crippen molar-refractivity contribution in [2.45, 2.75) is 58.2 Å². The molecular weight excluding hydrogens is 744 g/mol. The molecule has 0 atom stereocenters. The van der Waals surface area contributed by atoms with Crippen LogP contribution in [0.2, 0.25) is 19.6 Å². The van der Waals surface area contributed by atoms with Crippen molar-refractivity contribution >= 4 is 14.5 Å². The summed E-state index contributed by atoms with van der Waals surface area (Å²) in [5.74, 6) is 5.13. The largest absolute Gasteiger partial charge is 1.00 e. The molecule has 5 nitrogen and oxygen atoms in total. The summed E-state index contributed by atoms with van der Waals surface area (Å²) in [6.07, 6.45) is 8.63. The number of hydrogen-bond donors (Lipinski definition) is 0. The van der Waals surface area contributed by atoms with Crippen LogP contribution in [0.4, 0.5) is 8.78 Å². The third kappa shape index (κ3) is 21.9. The molecule has 0 saturated heterocycles. The van der Waals surface area contributed by atoms with Crippen LogP contribution in [0.25, 0.3) is 0 Å². The van der Waals surface area contributed by atoms with Crippen molar-refractivity contribution in [2.75, 3.05) is 0 Å². The monoisotopic (exact) mass is 774 g/mol. The number of nitrogens with zero attached hydrogens (tertiary/aromatic N) is 2. The van der Waals surface area contributed by atoms with Crippen LogP contribution >= 0.6 is 0 Å². The average molecular weight is 774 g/mol. The van der Waals surface area contributed by atoms with E-state index in [1.807, 2.05) is 6.07 Å². The Kier molecular flexibility index (Phi) is 29.2. The molecule has 10 heteroatoms. The maximum Gasteiger partial charge on any atom is 1.00 e. The summed E-state index contributed by atoms with van der Waals surface area (Å²) in [6.45, 7) is 6.35. The van der Waals surface area contributed by atoms with E-state index in [1.165, 1.54) is 12.1 Å². The first-order valence-electron chi connectivity index (χ1n) is 11.1. The molecule has 2 rings (SSSR count). The van der Waals surface area contributed by atoms with Crippen molar-refractivity contribution in [3.63, 3.8) is 0 Å². The van der Waals surface area contributed by atoms with E-state index in [0.717, 1.165) is 5.56 Å². The predicted molar refractivity (Wildman–Crippen MR) is 136 cm³/mol. The van der Waals surface area contributed by atoms with Crippen molar-refractivity contribution in [2.24, 2.45) is 0 Å². The Morgan fingerprint density at radius 3 is 1.74 bits per heavy atom. The molecule has 0 bridgehead atoms. The average Bonchev–Trinajstić information content (AvgIpc) is 2.86. The number of carbonyl (C=O) groups is 1. The van der Waals surface area contributed by atoms with Gasteiger partial charge in [-0.2, -0.15) is 10.5 Å². The molecule has 0 spiro atoms. The topological polar surface area (TPSA) is 96.9 Å². The van der Waals surface area contributed by atoms with Crippen LogP contribution in [0.3, 0.4) is 0 Å². The predicted octanol–water partition coefficient (Wildman–Crippen LogP) is -0.891. The van der Waals surface area contributed by atoms with Crippen LogP contribution in [0, 0.1) is 58.1 Å². The van der Waals surface area contributed by atoms with Gasteiger partial charge in [0.1, 0.15) is 19.7 Å². The fourth-order valence-electron chi connectivity index (χ4n) is 2.68. The Hall–Kier alpha value is 0.151. The molecule has 0 radical (unpaired) electrons. The summed E-state index contributed by atoms with van der Waals surface area (Å²) in [4.78, 5) is 11.2. The number of halogens is 2. The molecule has 0 fully saturated rings. The van der Waals surface area contributed by atoms with Gasteiger partial charge in [-0.05, 0) is 73.2 Å². The number of aryl methyl sites for hydroxylation is 2. The molecule has 0 aliphatic carbocycles. The van der Waals surface area contributed by atoms with E-state index in [2.05, 4.69) is 48.0 Å². The van der Waals surface area contributed by atoms with Gasteiger partial charge in [0, 0.05) is 24.0 Å². The molecule has 0 N–H and O–H groups in total. The van der Waals surface area contributed by atoms with E-state index < -0.39 is 8.07 Å². The molecular formula is C28H30Cs2F2N2O3Si. The van der Waals surface area contributed by atoms with E-state index in [-0.39, 0.29) is 157 Å². The van der Waals surface area contributed by atoms with Crippen LogP contribution in [-0.4, -0.2) is 14.5 Å². The van der Waals surface area contributed by atoms with Gasteiger partial charge >= 0.3 is 138 Å². The number of benzene rings is 2. The Morgan fingerprint density at radius 1 is 0.947 bits per heavy atom. The number of rotatable bonds is 7. The van der Waals surface area contributed by atoms with E-state index in [1.54, 1.807) is 24.3 Å². The van der Waals surface area contributed by atoms with Crippen molar-refractivity contribution in [1.29, 1.82) is 10.5 Å². The fourth-order valence-corrected chi connectivity index (χ4v) is 3.19. The standard InChI is InChI=1S/C15H18FNSi.C12H10FN.CH2O3.2Cs.H/c1-18(2,3)11-9-13-7-8-15(16)14(12-13)6-4-5-10-17;1-2-10-6-7-12(13)11(9-10)5-3-4-8-14;2-1-4-3;;;/h7-8,12H,4-6H2,1-3H3;1,6-7,9H,3-5H2;1,3H;;;/q;;;2*+1;-1/p-1. The number of nitriles is 2. The Labute approximate surface area is 345 Å². The van der Waals surface area contributed by atoms with Gasteiger partial charge in [0.05, 0.1) is 12.1 Å². The van der Waals surface area contributed by atoms with Gasteiger partial charge in [-0.25, -0.2) is 8.78 Å². The van der Waals surface area contributed by atoms with E-state index >= 15 is 0 Å². The minimum Gasteiger partial charge on any atom is -1.00 e. The normalized spacial score (nSPS) is 8.82. The summed E-state index contributed by atoms with van der Waals surface area (Å²) < 4.78 is 26.7. The van der Waals surface area contributed by atoms with Crippen LogP contribution in [-0.2, 0) is 22.5 Å². The van der Waals surface area contributed by atoms with Crippen molar-refractivity contribution in [3.8, 4) is 35.9 Å². The van der Waals surface area contributed by atoms with Gasteiger partial charge in [0.15, 0.2) is 0 Å². The Balaban J connectivity index is -0.000000263. The Morgan fingerprint density at radius 2 is 1.37 bits per heavy atom. The molecule has 0 aromatic heterocycles.